The number of hydrogen-bond donors (Lipinski definition) is 0. The molecule has 8 aromatic carbocycles. The molecule has 0 radical (unpaired) electrons. The monoisotopic (exact) mass is 763 g/mol. The summed E-state index contributed by atoms with van der Waals surface area (Å²) in [7, 11) is 0. The molecule has 0 saturated carbocycles. The number of aromatic nitrogens is 3. The van der Waals surface area contributed by atoms with Crippen LogP contribution in [0.3, 0.4) is 0 Å². The van der Waals surface area contributed by atoms with Gasteiger partial charge in [0.05, 0.1) is 0 Å². The SMILES string of the molecule is c1ccc(-c2nc(-c3ccccc3)nc(-c3ccc4c(c3)oc3cc(-c5cc(-c6cccc7c6sc6ccccc67)cc6sc7ccccc7c56)ccc34)n2)cc1. The summed E-state index contributed by atoms with van der Waals surface area (Å²) in [6.07, 6.45) is 0. The molecular formula is C51H29N3OS2. The van der Waals surface area contributed by atoms with Crippen LogP contribution in [-0.2, 0) is 0 Å². The van der Waals surface area contributed by atoms with E-state index >= 15 is 0 Å². The van der Waals surface area contributed by atoms with Crippen molar-refractivity contribution in [1.29, 1.82) is 0 Å². The first-order valence-corrected chi connectivity index (χ1v) is 20.6. The second-order valence-electron chi connectivity index (χ2n) is 14.3. The van der Waals surface area contributed by atoms with Gasteiger partial charge in [0.2, 0.25) is 0 Å². The van der Waals surface area contributed by atoms with Crippen LogP contribution < -0.4 is 0 Å². The molecule has 6 heteroatoms. The Morgan fingerprint density at radius 1 is 0.333 bits per heavy atom. The molecule has 0 fully saturated rings. The molecule has 0 aliphatic heterocycles. The molecule has 0 spiro atoms. The van der Waals surface area contributed by atoms with E-state index in [-0.39, 0.29) is 0 Å². The van der Waals surface area contributed by atoms with Crippen molar-refractivity contribution in [2.24, 2.45) is 0 Å². The van der Waals surface area contributed by atoms with Crippen molar-refractivity contribution < 1.29 is 4.42 Å². The minimum atomic E-state index is 0.600. The quantitative estimate of drug-likeness (QED) is 0.175. The van der Waals surface area contributed by atoms with Crippen LogP contribution in [0.15, 0.2) is 180 Å². The molecule has 0 aliphatic rings. The summed E-state index contributed by atoms with van der Waals surface area (Å²) in [4.78, 5) is 14.8. The number of nitrogens with zero attached hydrogens (tertiary/aromatic N) is 3. The highest BCUT2D eigenvalue weighted by molar-refractivity contribution is 7.26. The lowest BCUT2D eigenvalue weighted by atomic mass is 9.93. The fraction of sp³-hybridized carbons (Fsp3) is 0. The van der Waals surface area contributed by atoms with Crippen LogP contribution in [0.4, 0.5) is 0 Å². The predicted molar refractivity (Wildman–Crippen MR) is 240 cm³/mol. The summed E-state index contributed by atoms with van der Waals surface area (Å²) in [6, 6.07) is 62.0. The van der Waals surface area contributed by atoms with Crippen LogP contribution in [0.5, 0.6) is 0 Å². The number of fused-ring (bicyclic) bond motifs is 9. The summed E-state index contributed by atoms with van der Waals surface area (Å²) >= 11 is 3.73. The standard InChI is InChI=1S/C51H29N3OS2/c1-3-12-30(13-4-1)49-52-50(31-14-5-2-6-15-31)54-51(53-49)33-23-25-37-36-24-22-32(27-42(36)55-43(37)28-33)41-26-34(29-46-47(41)40-17-8-10-21-45(40)56-46)35-18-11-19-39-38-16-7-9-20-44(38)57-48(35)39/h1-29H. The molecule has 0 N–H and O–H groups in total. The van der Waals surface area contributed by atoms with Gasteiger partial charge in [0.15, 0.2) is 17.5 Å². The minimum absolute atomic E-state index is 0.600. The predicted octanol–water partition coefficient (Wildman–Crippen LogP) is 14.8. The number of hydrogen-bond acceptors (Lipinski definition) is 6. The van der Waals surface area contributed by atoms with E-state index in [9.17, 15) is 0 Å². The maximum absolute atomic E-state index is 6.73. The van der Waals surface area contributed by atoms with E-state index in [4.69, 9.17) is 19.4 Å². The highest BCUT2D eigenvalue weighted by atomic mass is 32.1. The maximum atomic E-state index is 6.73. The van der Waals surface area contributed by atoms with Crippen molar-refractivity contribution >= 4 is 85.0 Å². The van der Waals surface area contributed by atoms with Gasteiger partial charge in [0.25, 0.3) is 0 Å². The zero-order valence-electron chi connectivity index (χ0n) is 30.3. The largest absolute Gasteiger partial charge is 0.456 e. The fourth-order valence-corrected chi connectivity index (χ4v) is 10.6. The summed E-state index contributed by atoms with van der Waals surface area (Å²) in [5.74, 6) is 1.86. The summed E-state index contributed by atoms with van der Waals surface area (Å²) in [5.41, 5.74) is 9.18. The molecule has 12 aromatic rings. The Morgan fingerprint density at radius 2 is 0.895 bits per heavy atom. The van der Waals surface area contributed by atoms with Crippen molar-refractivity contribution in [2.75, 3.05) is 0 Å². The van der Waals surface area contributed by atoms with Gasteiger partial charge in [-0.1, -0.05) is 127 Å². The number of thiophene rings is 2. The average molecular weight is 764 g/mol. The zero-order valence-corrected chi connectivity index (χ0v) is 31.9. The molecule has 0 saturated heterocycles. The lowest BCUT2D eigenvalue weighted by Crippen LogP contribution is -2.00. The molecule has 0 aliphatic carbocycles. The van der Waals surface area contributed by atoms with Gasteiger partial charge >= 0.3 is 0 Å². The van der Waals surface area contributed by atoms with E-state index in [1.54, 1.807) is 0 Å². The maximum Gasteiger partial charge on any atom is 0.164 e. The molecule has 4 nitrogen and oxygen atoms in total. The average Bonchev–Trinajstić information content (AvgIpc) is 3.97. The lowest BCUT2D eigenvalue weighted by molar-refractivity contribution is 0.669. The Labute approximate surface area is 335 Å². The van der Waals surface area contributed by atoms with Crippen LogP contribution in [0.1, 0.15) is 0 Å². The van der Waals surface area contributed by atoms with E-state index in [2.05, 4.69) is 115 Å². The minimum Gasteiger partial charge on any atom is -0.456 e. The molecule has 0 atom stereocenters. The van der Waals surface area contributed by atoms with Crippen molar-refractivity contribution in [2.45, 2.75) is 0 Å². The van der Waals surface area contributed by atoms with Crippen molar-refractivity contribution in [3.8, 4) is 56.4 Å². The van der Waals surface area contributed by atoms with Crippen molar-refractivity contribution in [1.82, 2.24) is 15.0 Å². The molecule has 4 heterocycles. The number of furan rings is 1. The molecule has 12 rings (SSSR count). The van der Waals surface area contributed by atoms with E-state index in [1.807, 2.05) is 83.3 Å². The van der Waals surface area contributed by atoms with Gasteiger partial charge in [-0.15, -0.1) is 22.7 Å². The smallest absolute Gasteiger partial charge is 0.164 e. The molecule has 0 bridgehead atoms. The first-order chi connectivity index (χ1) is 28.2. The van der Waals surface area contributed by atoms with Crippen LogP contribution in [0.25, 0.3) is 119 Å². The number of rotatable bonds is 5. The molecule has 266 valence electrons. The van der Waals surface area contributed by atoms with Crippen molar-refractivity contribution in [3.05, 3.63) is 176 Å². The van der Waals surface area contributed by atoms with Crippen LogP contribution in [-0.4, -0.2) is 15.0 Å². The van der Waals surface area contributed by atoms with E-state index in [0.29, 0.717) is 17.5 Å². The topological polar surface area (TPSA) is 51.8 Å². The van der Waals surface area contributed by atoms with E-state index in [0.717, 1.165) is 44.2 Å². The summed E-state index contributed by atoms with van der Waals surface area (Å²) in [5, 5.41) is 7.29. The van der Waals surface area contributed by atoms with Gasteiger partial charge in [-0.2, -0.15) is 0 Å². The summed E-state index contributed by atoms with van der Waals surface area (Å²) < 4.78 is 11.9. The molecular weight excluding hydrogens is 735 g/mol. The fourth-order valence-electron chi connectivity index (χ4n) is 8.23. The van der Waals surface area contributed by atoms with Gasteiger partial charge in [0, 0.05) is 67.8 Å². The Balaban J connectivity index is 1.02. The Bertz CT molecular complexity index is 3470. The van der Waals surface area contributed by atoms with Crippen LogP contribution in [0, 0.1) is 0 Å². The highest BCUT2D eigenvalue weighted by Crippen LogP contribution is 2.46. The van der Waals surface area contributed by atoms with Crippen LogP contribution >= 0.6 is 22.7 Å². The van der Waals surface area contributed by atoms with E-state index < -0.39 is 0 Å². The Morgan fingerprint density at radius 3 is 1.60 bits per heavy atom. The molecule has 0 amide bonds. The first kappa shape index (κ1) is 32.3. The first-order valence-electron chi connectivity index (χ1n) is 18.9. The Hall–Kier alpha value is -6.99. The zero-order chi connectivity index (χ0) is 37.5. The van der Waals surface area contributed by atoms with E-state index in [1.165, 1.54) is 57.0 Å². The molecule has 4 aromatic heterocycles. The second-order valence-corrected chi connectivity index (χ2v) is 16.5. The van der Waals surface area contributed by atoms with Crippen molar-refractivity contribution in [3.63, 3.8) is 0 Å². The van der Waals surface area contributed by atoms with Gasteiger partial charge in [-0.25, -0.2) is 15.0 Å². The third kappa shape index (κ3) is 5.30. The normalized spacial score (nSPS) is 11.9. The third-order valence-electron chi connectivity index (χ3n) is 10.9. The third-order valence-corrected chi connectivity index (χ3v) is 13.3. The molecule has 57 heavy (non-hydrogen) atoms. The van der Waals surface area contributed by atoms with Gasteiger partial charge in [-0.05, 0) is 70.8 Å². The second kappa shape index (κ2) is 12.8. The van der Waals surface area contributed by atoms with Crippen LogP contribution in [0.2, 0.25) is 0 Å². The summed E-state index contributed by atoms with van der Waals surface area (Å²) in [6.45, 7) is 0. The van der Waals surface area contributed by atoms with Gasteiger partial charge in [0.1, 0.15) is 11.2 Å². The number of benzene rings is 8. The van der Waals surface area contributed by atoms with Gasteiger partial charge < -0.3 is 4.42 Å². The Kier molecular flexibility index (Phi) is 7.24. The van der Waals surface area contributed by atoms with Gasteiger partial charge in [-0.3, -0.25) is 0 Å². The highest BCUT2D eigenvalue weighted by Gasteiger charge is 2.19. The lowest BCUT2D eigenvalue weighted by Gasteiger charge is -2.10. The molecule has 0 unspecified atom stereocenters.